The molecule has 132 valence electrons. The van der Waals surface area contributed by atoms with E-state index in [0.717, 1.165) is 16.0 Å². The minimum absolute atomic E-state index is 0.0301. The van der Waals surface area contributed by atoms with Gasteiger partial charge in [-0.25, -0.2) is 0 Å². The zero-order valence-corrected chi connectivity index (χ0v) is 14.7. The van der Waals surface area contributed by atoms with Crippen LogP contribution in [0.4, 0.5) is 11.4 Å². The SMILES string of the molecule is C[C@@H](Sc1ccc([N+](=O)[O-])cc1)C(=O)Nc1cccc(-c2cn[nH]c2)c1. The number of carbonyl (C=O) groups is 1. The van der Waals surface area contributed by atoms with Crippen molar-refractivity contribution in [2.24, 2.45) is 0 Å². The Hall–Kier alpha value is -3.13. The normalized spacial score (nSPS) is 11.7. The van der Waals surface area contributed by atoms with Crippen LogP contribution in [-0.2, 0) is 4.79 Å². The fourth-order valence-corrected chi connectivity index (χ4v) is 3.20. The molecule has 0 fully saturated rings. The van der Waals surface area contributed by atoms with Crippen LogP contribution in [0.1, 0.15) is 6.92 Å². The molecular formula is C18H16N4O3S. The molecule has 1 heterocycles. The van der Waals surface area contributed by atoms with Crippen molar-refractivity contribution < 1.29 is 9.72 Å². The molecule has 1 atom stereocenters. The van der Waals surface area contributed by atoms with E-state index in [1.54, 1.807) is 31.5 Å². The first-order chi connectivity index (χ1) is 12.5. The van der Waals surface area contributed by atoms with Crippen LogP contribution >= 0.6 is 11.8 Å². The smallest absolute Gasteiger partial charge is 0.269 e. The predicted molar refractivity (Wildman–Crippen MR) is 101 cm³/mol. The Morgan fingerprint density at radius 1 is 1.23 bits per heavy atom. The molecule has 7 nitrogen and oxygen atoms in total. The number of anilines is 1. The molecule has 3 rings (SSSR count). The molecule has 0 saturated carbocycles. The molecule has 0 aliphatic carbocycles. The van der Waals surface area contributed by atoms with Gasteiger partial charge >= 0.3 is 0 Å². The molecule has 8 heteroatoms. The van der Waals surface area contributed by atoms with Crippen LogP contribution in [-0.4, -0.2) is 26.3 Å². The lowest BCUT2D eigenvalue weighted by molar-refractivity contribution is -0.384. The lowest BCUT2D eigenvalue weighted by Gasteiger charge is -2.12. The second-order valence-corrected chi connectivity index (χ2v) is 6.98. The third-order valence-corrected chi connectivity index (χ3v) is 4.80. The number of benzene rings is 2. The Kier molecular flexibility index (Phi) is 5.33. The van der Waals surface area contributed by atoms with Gasteiger partial charge in [-0.05, 0) is 36.8 Å². The van der Waals surface area contributed by atoms with E-state index in [-0.39, 0.29) is 16.8 Å². The number of aromatic nitrogens is 2. The average molecular weight is 368 g/mol. The molecule has 0 bridgehead atoms. The van der Waals surface area contributed by atoms with Gasteiger partial charge in [0.1, 0.15) is 0 Å². The highest BCUT2D eigenvalue weighted by Gasteiger charge is 2.15. The third-order valence-electron chi connectivity index (χ3n) is 3.69. The van der Waals surface area contributed by atoms with Crippen molar-refractivity contribution >= 4 is 29.0 Å². The number of H-pyrrole nitrogens is 1. The first kappa shape index (κ1) is 17.7. The van der Waals surface area contributed by atoms with Gasteiger partial charge < -0.3 is 5.32 Å². The van der Waals surface area contributed by atoms with Gasteiger partial charge in [-0.15, -0.1) is 11.8 Å². The first-order valence-corrected chi connectivity index (χ1v) is 8.72. The zero-order chi connectivity index (χ0) is 18.5. The van der Waals surface area contributed by atoms with Crippen LogP contribution in [0.25, 0.3) is 11.1 Å². The number of nitro groups is 1. The molecule has 3 aromatic rings. The van der Waals surface area contributed by atoms with Gasteiger partial charge in [0.05, 0.1) is 16.4 Å². The summed E-state index contributed by atoms with van der Waals surface area (Å²) in [5, 5.41) is 19.9. The van der Waals surface area contributed by atoms with Gasteiger partial charge in [0, 0.05) is 34.5 Å². The molecule has 0 saturated heterocycles. The van der Waals surface area contributed by atoms with Crippen molar-refractivity contribution in [1.29, 1.82) is 0 Å². The Labute approximate surface area is 154 Å². The number of aromatic amines is 1. The number of rotatable bonds is 6. The Morgan fingerprint density at radius 2 is 2.00 bits per heavy atom. The number of nitro benzene ring substituents is 1. The molecule has 1 amide bonds. The number of hydrogen-bond donors (Lipinski definition) is 2. The Bertz CT molecular complexity index is 910. The van der Waals surface area contributed by atoms with Gasteiger partial charge in [-0.1, -0.05) is 12.1 Å². The molecule has 26 heavy (non-hydrogen) atoms. The number of hydrogen-bond acceptors (Lipinski definition) is 5. The largest absolute Gasteiger partial charge is 0.325 e. The number of amides is 1. The van der Waals surface area contributed by atoms with E-state index in [1.165, 1.54) is 23.9 Å². The van der Waals surface area contributed by atoms with Crippen molar-refractivity contribution in [2.75, 3.05) is 5.32 Å². The lowest BCUT2D eigenvalue weighted by Crippen LogP contribution is -2.22. The van der Waals surface area contributed by atoms with E-state index in [1.807, 2.05) is 24.3 Å². The summed E-state index contributed by atoms with van der Waals surface area (Å²) < 4.78 is 0. The number of carbonyl (C=O) groups excluding carboxylic acids is 1. The van der Waals surface area contributed by atoms with Crippen molar-refractivity contribution in [2.45, 2.75) is 17.1 Å². The van der Waals surface area contributed by atoms with Gasteiger partial charge in [-0.3, -0.25) is 20.0 Å². The van der Waals surface area contributed by atoms with E-state index >= 15 is 0 Å². The molecule has 2 N–H and O–H groups in total. The number of nitrogens with zero attached hydrogens (tertiary/aromatic N) is 2. The average Bonchev–Trinajstić information content (AvgIpc) is 3.17. The van der Waals surface area contributed by atoms with Crippen molar-refractivity contribution in [1.82, 2.24) is 10.2 Å². The highest BCUT2D eigenvalue weighted by Crippen LogP contribution is 2.27. The van der Waals surface area contributed by atoms with E-state index in [0.29, 0.717) is 5.69 Å². The first-order valence-electron chi connectivity index (χ1n) is 7.84. The van der Waals surface area contributed by atoms with Crippen LogP contribution in [0.5, 0.6) is 0 Å². The van der Waals surface area contributed by atoms with Gasteiger partial charge in [0.25, 0.3) is 5.69 Å². The van der Waals surface area contributed by atoms with E-state index in [9.17, 15) is 14.9 Å². The van der Waals surface area contributed by atoms with Gasteiger partial charge in [-0.2, -0.15) is 5.10 Å². The summed E-state index contributed by atoms with van der Waals surface area (Å²) in [6.07, 6.45) is 3.50. The fourth-order valence-electron chi connectivity index (χ4n) is 2.33. The maximum absolute atomic E-state index is 12.4. The second-order valence-electron chi connectivity index (χ2n) is 5.57. The zero-order valence-electron chi connectivity index (χ0n) is 13.9. The van der Waals surface area contributed by atoms with Crippen LogP contribution in [0, 0.1) is 10.1 Å². The van der Waals surface area contributed by atoms with Crippen LogP contribution in [0.2, 0.25) is 0 Å². The number of non-ortho nitro benzene ring substituents is 1. The maximum atomic E-state index is 12.4. The van der Waals surface area contributed by atoms with Gasteiger partial charge in [0.15, 0.2) is 0 Å². The monoisotopic (exact) mass is 368 g/mol. The molecule has 0 spiro atoms. The molecule has 2 aromatic carbocycles. The molecule has 0 radical (unpaired) electrons. The van der Waals surface area contributed by atoms with E-state index in [4.69, 9.17) is 0 Å². The summed E-state index contributed by atoms with van der Waals surface area (Å²) in [5.41, 5.74) is 2.62. The number of thioether (sulfide) groups is 1. The van der Waals surface area contributed by atoms with Crippen LogP contribution in [0.15, 0.2) is 65.8 Å². The highest BCUT2D eigenvalue weighted by molar-refractivity contribution is 8.00. The van der Waals surface area contributed by atoms with Crippen molar-refractivity contribution in [3.8, 4) is 11.1 Å². The van der Waals surface area contributed by atoms with Crippen molar-refractivity contribution in [3.05, 3.63) is 71.0 Å². The minimum Gasteiger partial charge on any atom is -0.325 e. The van der Waals surface area contributed by atoms with Gasteiger partial charge in [0.2, 0.25) is 5.91 Å². The quantitative estimate of drug-likeness (QED) is 0.387. The Balaban J connectivity index is 1.64. The second kappa shape index (κ2) is 7.83. The summed E-state index contributed by atoms with van der Waals surface area (Å²) in [4.78, 5) is 23.5. The Morgan fingerprint density at radius 3 is 2.65 bits per heavy atom. The molecule has 0 unspecified atom stereocenters. The van der Waals surface area contributed by atoms with Crippen molar-refractivity contribution in [3.63, 3.8) is 0 Å². The fraction of sp³-hybridized carbons (Fsp3) is 0.111. The maximum Gasteiger partial charge on any atom is 0.269 e. The van der Waals surface area contributed by atoms with Crippen LogP contribution in [0.3, 0.4) is 0 Å². The standard InChI is InChI=1S/C18H16N4O3S/c1-12(26-17-7-5-16(6-8-17)22(24)25)18(23)21-15-4-2-3-13(9-15)14-10-19-20-11-14/h2-12H,1H3,(H,19,20)(H,21,23)/t12-/m1/s1. The van der Waals surface area contributed by atoms with Crippen LogP contribution < -0.4 is 5.32 Å². The topological polar surface area (TPSA) is 101 Å². The third kappa shape index (κ3) is 4.28. The van der Waals surface area contributed by atoms with E-state index in [2.05, 4.69) is 15.5 Å². The molecule has 1 aromatic heterocycles. The summed E-state index contributed by atoms with van der Waals surface area (Å²) in [5.74, 6) is -0.141. The molecule has 0 aliphatic rings. The predicted octanol–water partition coefficient (Wildman–Crippen LogP) is 4.10. The molecular weight excluding hydrogens is 352 g/mol. The minimum atomic E-state index is -0.447. The van der Waals surface area contributed by atoms with E-state index < -0.39 is 4.92 Å². The highest BCUT2D eigenvalue weighted by atomic mass is 32.2. The molecule has 0 aliphatic heterocycles. The summed E-state index contributed by atoms with van der Waals surface area (Å²) in [7, 11) is 0. The summed E-state index contributed by atoms with van der Waals surface area (Å²) in [6.45, 7) is 1.79. The summed E-state index contributed by atoms with van der Waals surface area (Å²) >= 11 is 1.34. The lowest BCUT2D eigenvalue weighted by atomic mass is 10.1. The summed E-state index contributed by atoms with van der Waals surface area (Å²) in [6, 6.07) is 13.7. The number of nitrogens with one attached hydrogen (secondary N) is 2.